The van der Waals surface area contributed by atoms with Gasteiger partial charge in [0.25, 0.3) is 0 Å². The van der Waals surface area contributed by atoms with Crippen LogP contribution in [0.4, 0.5) is 4.79 Å². The summed E-state index contributed by atoms with van der Waals surface area (Å²) in [5, 5.41) is 6.74. The van der Waals surface area contributed by atoms with E-state index in [1.165, 1.54) is 179 Å². The smallest absolute Gasteiger partial charge is 0.408 e. The predicted molar refractivity (Wildman–Crippen MR) is 714 cm³/mol. The Kier molecular flexibility index (Phi) is 86.4. The fraction of sp³-hybridized carbons (Fsp3) is 0.984. The predicted octanol–water partition coefficient (Wildman–Crippen LogP) is 49.0. The Morgan fingerprint density at radius 2 is 0.267 bits per heavy atom. The highest BCUT2D eigenvalue weighted by Gasteiger charge is 2.46. The SMILES string of the molecule is CCC[Si](CCC)(CCC)CCC[Si](CCC[Si](CCC)(CCC)CCC)(CCC[Si](CCC)(CCC)CCC)CCC[Si](CCCNC(=O)[C@H](C)NC(=O)OC(C)(C)C)(CCC[Si](CCC[Si](CCC)(CCC)CCC)(CCC[Si](CCC)(CCC)CCC)CCC[Si](CCC)(CCC)CCC)CCC[Si](CCC[Si](CCC)(CCC)CCC)(CCC[Si](CCC)(CCC)CCC)CCC[Si](CCC)(CCC)CCC. The monoisotopic (exact) mass is 2260 g/mol. The van der Waals surface area contributed by atoms with Gasteiger partial charge in [-0.15, -0.1) is 0 Å². The molecule has 0 radical (unpaired) electrons. The van der Waals surface area contributed by atoms with Crippen LogP contribution in [0.15, 0.2) is 0 Å². The largest absolute Gasteiger partial charge is 0.444 e. The molecule has 874 valence electrons. The number of amides is 2. The molecule has 0 fully saturated rings. The molecule has 0 saturated heterocycles. The molecule has 2 amide bonds. The zero-order chi connectivity index (χ0) is 110. The van der Waals surface area contributed by atoms with Gasteiger partial charge in [0.05, 0.1) is 105 Å². The quantitative estimate of drug-likeness (QED) is 0.0471. The first-order chi connectivity index (χ1) is 70.0. The summed E-state index contributed by atoms with van der Waals surface area (Å²) in [6, 6.07) is 82.9. The van der Waals surface area contributed by atoms with Crippen molar-refractivity contribution in [3.8, 4) is 0 Å². The van der Waals surface area contributed by atoms with E-state index in [9.17, 15) is 9.59 Å². The molecule has 0 bridgehead atoms. The zero-order valence-electron chi connectivity index (χ0n) is 108. The number of nitrogens with one attached hydrogen (secondary N) is 2. The minimum atomic E-state index is -2.20. The topological polar surface area (TPSA) is 67.4 Å². The number of carbonyl (C=O) groups is 2. The van der Waals surface area contributed by atoms with Crippen molar-refractivity contribution in [3.63, 3.8) is 0 Å². The zero-order valence-corrected chi connectivity index (χ0v) is 121. The van der Waals surface area contributed by atoms with E-state index >= 15 is 0 Å². The lowest BCUT2D eigenvalue weighted by Gasteiger charge is -2.41. The van der Waals surface area contributed by atoms with E-state index < -0.39 is 123 Å². The molecule has 18 heteroatoms. The second-order valence-electron chi connectivity index (χ2n) is 54.8. The van der Waals surface area contributed by atoms with Gasteiger partial charge in [-0.25, -0.2) is 4.79 Å². The van der Waals surface area contributed by atoms with Gasteiger partial charge >= 0.3 is 6.09 Å². The number of carbonyl (C=O) groups excluding carboxylic acids is 2. The van der Waals surface area contributed by atoms with Crippen molar-refractivity contribution in [2.45, 2.75) is 797 Å². The third-order valence-corrected chi connectivity index (χ3v) is 118. The normalized spacial score (nSPS) is 13.7. The molecule has 1 atom stereocenters. The molecule has 0 heterocycles. The Bertz CT molecular complexity index is 2370. The summed E-state index contributed by atoms with van der Waals surface area (Å²) in [6.07, 6.45) is 57.6. The van der Waals surface area contributed by atoms with Crippen LogP contribution < -0.4 is 10.6 Å². The molecule has 0 saturated carbocycles. The maximum absolute atomic E-state index is 15.0. The Balaban J connectivity index is 11.2. The third-order valence-electron chi connectivity index (χ3n) is 40.3. The second-order valence-corrected chi connectivity index (χ2v) is 120. The van der Waals surface area contributed by atoms with E-state index in [0.29, 0.717) is 0 Å². The average molecular weight is 2260 g/mol. The number of hydrogen-bond acceptors (Lipinski definition) is 3. The third kappa shape index (κ3) is 59.3. The summed E-state index contributed by atoms with van der Waals surface area (Å²) >= 11 is 0. The van der Waals surface area contributed by atoms with E-state index in [0.717, 1.165) is 13.0 Å². The fourth-order valence-corrected chi connectivity index (χ4v) is 111. The molecule has 0 aliphatic rings. The van der Waals surface area contributed by atoms with Gasteiger partial charge in [0.15, 0.2) is 0 Å². The fourth-order valence-electron chi connectivity index (χ4n) is 35.5. The second kappa shape index (κ2) is 85.5. The van der Waals surface area contributed by atoms with Crippen molar-refractivity contribution in [3.05, 3.63) is 0 Å². The van der Waals surface area contributed by atoms with Crippen LogP contribution in [0.5, 0.6) is 0 Å². The Morgan fingerprint density at radius 1 is 0.171 bits per heavy atom. The van der Waals surface area contributed by atoms with Gasteiger partial charge in [-0.05, 0) is 34.1 Å². The van der Waals surface area contributed by atoms with Gasteiger partial charge in [-0.1, -0.05) is 752 Å². The van der Waals surface area contributed by atoms with E-state index in [1.807, 2.05) is 27.7 Å². The molecule has 5 nitrogen and oxygen atoms in total. The van der Waals surface area contributed by atoms with Crippen molar-refractivity contribution >= 4 is 117 Å². The Labute approximate surface area is 938 Å². The first-order valence-electron chi connectivity index (χ1n) is 68.3. The summed E-state index contributed by atoms with van der Waals surface area (Å²) in [7, 11) is -20.8. The molecule has 146 heavy (non-hydrogen) atoms. The van der Waals surface area contributed by atoms with Crippen molar-refractivity contribution in [2.75, 3.05) is 6.54 Å². The Hall–Kier alpha value is 1.56. The standard InChI is InChI=1S/C128H282N2O3Si13/c1-32-73-134(74-33-2,75-34-3)101-60-113-144(114-61-102-135(76-35-4,77-36-5)78-37-6,115-62-103-136(79-38-7,80-39-8)81-40-9)122-69-110-143(100-59-72-129-126(131)125(28)130-127(132)133-128(29,30)31,111-70-123-145(116-63-104-137(82-41-10,83-42-11)84-43-12,117-64-105-138(85-44-13,86-45-14)87-46-15)118-65-106-139(88-47-16,89-48-17)90-49-18)112-71-124-146(119-66-107-140(91-50-19,92-51-20)93-52-21,120-67-108-141(94-53-22,95-54-23)96-55-24)121-68-109-142(97-56-25,98-57-26)99-58-27/h125H,32-124H2,1-31H3,(H,129,131)(H,130,132)/t125-/m0/s1. The number of alkyl carbamates (subject to hydrolysis) is 1. The van der Waals surface area contributed by atoms with Gasteiger partial charge in [-0.3, -0.25) is 4.79 Å². The molecule has 2 N–H and O–H groups in total. The average Bonchev–Trinajstić information content (AvgIpc) is 0.817. The van der Waals surface area contributed by atoms with Crippen molar-refractivity contribution in [1.29, 1.82) is 0 Å². The van der Waals surface area contributed by atoms with Gasteiger partial charge in [-0.2, -0.15) is 0 Å². The van der Waals surface area contributed by atoms with Gasteiger partial charge in [0, 0.05) is 6.54 Å². The van der Waals surface area contributed by atoms with E-state index in [2.05, 4.69) is 198 Å². The van der Waals surface area contributed by atoms with Crippen molar-refractivity contribution in [1.82, 2.24) is 10.6 Å². The molecule has 0 spiro atoms. The minimum Gasteiger partial charge on any atom is -0.444 e. The molecule has 0 rings (SSSR count). The van der Waals surface area contributed by atoms with Crippen LogP contribution in [0, 0.1) is 0 Å². The highest BCUT2D eigenvalue weighted by atomic mass is 28.4. The maximum atomic E-state index is 15.0. The number of hydrogen-bond donors (Lipinski definition) is 2. The summed E-state index contributed by atoms with van der Waals surface area (Å²) in [5.74, 6) is -0.0181. The molecule has 0 aliphatic heterocycles. The first-order valence-corrected chi connectivity index (χ1v) is 105. The highest BCUT2D eigenvalue weighted by Crippen LogP contribution is 2.51. The molecule has 0 unspecified atom stereocenters. The van der Waals surface area contributed by atoms with Crippen LogP contribution in [0.3, 0.4) is 0 Å². The summed E-state index contributed by atoms with van der Waals surface area (Å²) in [4.78, 5) is 28.7. The highest BCUT2D eigenvalue weighted by molar-refractivity contribution is 6.87. The molecular weight excluding hydrogens is 1980 g/mol. The van der Waals surface area contributed by atoms with Crippen LogP contribution in [0.2, 0.25) is 314 Å². The lowest BCUT2D eigenvalue weighted by Crippen LogP contribution is -2.47. The van der Waals surface area contributed by atoms with Crippen LogP contribution in [-0.2, 0) is 9.53 Å². The van der Waals surface area contributed by atoms with Crippen LogP contribution in [0.25, 0.3) is 0 Å². The maximum Gasteiger partial charge on any atom is 0.408 e. The van der Waals surface area contributed by atoms with E-state index in [1.54, 1.807) is 385 Å². The lowest BCUT2D eigenvalue weighted by atomic mass is 10.2. The van der Waals surface area contributed by atoms with Crippen molar-refractivity contribution < 1.29 is 14.3 Å². The van der Waals surface area contributed by atoms with Crippen LogP contribution in [0.1, 0.15) is 471 Å². The summed E-state index contributed by atoms with van der Waals surface area (Å²) in [6.45, 7) is 78.5. The molecule has 0 aliphatic carbocycles. The van der Waals surface area contributed by atoms with Gasteiger partial charge in [0.1, 0.15) is 11.6 Å². The van der Waals surface area contributed by atoms with Crippen LogP contribution >= 0.6 is 0 Å². The number of rotatable bonds is 108. The van der Waals surface area contributed by atoms with Gasteiger partial charge in [0.2, 0.25) is 5.91 Å². The van der Waals surface area contributed by atoms with E-state index in [-0.39, 0.29) is 5.91 Å². The lowest BCUT2D eigenvalue weighted by molar-refractivity contribution is -0.122. The first kappa shape index (κ1) is 148. The van der Waals surface area contributed by atoms with Crippen molar-refractivity contribution in [2.24, 2.45) is 0 Å². The minimum absolute atomic E-state index is 0.0181. The molecular formula is C128H282N2O3Si13. The molecule has 0 aromatic carbocycles. The summed E-state index contributed by atoms with van der Waals surface area (Å²) in [5.41, 5.74) is -0.632. The van der Waals surface area contributed by atoms with E-state index in [4.69, 9.17) is 4.74 Å². The van der Waals surface area contributed by atoms with Gasteiger partial charge < -0.3 is 15.4 Å². The molecule has 0 aromatic heterocycles. The van der Waals surface area contributed by atoms with Crippen LogP contribution in [-0.4, -0.2) is 135 Å². The summed E-state index contributed by atoms with van der Waals surface area (Å²) < 4.78 is 5.90. The number of ether oxygens (including phenoxy) is 1. The Morgan fingerprint density at radius 3 is 0.363 bits per heavy atom. The molecule has 0 aromatic rings.